The van der Waals surface area contributed by atoms with E-state index >= 15 is 0 Å². The standard InChI is InChI=1S/C75H60/c1-46-20-29-56(30-21-46)74(66-19-13-11-17-62(66)71-69(39-50(5)40-70(71)74)73(7)67-38-49(4)26-37-61(67)63-44-54-14-8-9-15-55(54)45-68(63)73)57-35-27-52(28-36-57)42-53-41-51(6)72-64(43-53)60-16-10-12-18-65(60)75(72,58-31-22-47(2)23-32-58)59-33-24-48(3)25-34-59/h8-41,43-45H,42H2,1-7H3. The van der Waals surface area contributed by atoms with Gasteiger partial charge in [-0.25, -0.2) is 0 Å². The van der Waals surface area contributed by atoms with E-state index in [1.165, 1.54) is 150 Å². The predicted octanol–water partition coefficient (Wildman–Crippen LogP) is 18.3. The predicted molar refractivity (Wildman–Crippen MR) is 314 cm³/mol. The van der Waals surface area contributed by atoms with Crippen LogP contribution in [0.15, 0.2) is 224 Å². The molecule has 0 bridgehead atoms. The zero-order valence-electron chi connectivity index (χ0n) is 44.1. The fraction of sp³-hybridized carbons (Fsp3) is 0.147. The van der Waals surface area contributed by atoms with Crippen LogP contribution >= 0.6 is 0 Å². The largest absolute Gasteiger partial charge is 0.0716 e. The third-order valence-electron chi connectivity index (χ3n) is 17.9. The fourth-order valence-electron chi connectivity index (χ4n) is 14.5. The van der Waals surface area contributed by atoms with Gasteiger partial charge >= 0.3 is 0 Å². The zero-order chi connectivity index (χ0) is 51.0. The second-order valence-corrected chi connectivity index (χ2v) is 22.6. The van der Waals surface area contributed by atoms with Gasteiger partial charge in [0.2, 0.25) is 0 Å². The van der Waals surface area contributed by atoms with Crippen LogP contribution in [0.2, 0.25) is 0 Å². The van der Waals surface area contributed by atoms with Crippen molar-refractivity contribution in [2.24, 2.45) is 0 Å². The van der Waals surface area contributed by atoms with Crippen molar-refractivity contribution in [1.82, 2.24) is 0 Å². The van der Waals surface area contributed by atoms with Crippen LogP contribution in [-0.2, 0) is 22.7 Å². The van der Waals surface area contributed by atoms with Gasteiger partial charge in [0, 0.05) is 5.41 Å². The molecule has 0 N–H and O–H groups in total. The lowest BCUT2D eigenvalue weighted by Crippen LogP contribution is -2.29. The Hall–Kier alpha value is -8.32. The summed E-state index contributed by atoms with van der Waals surface area (Å²) in [5, 5.41) is 2.56. The molecule has 0 heterocycles. The minimum Gasteiger partial charge on any atom is -0.0619 e. The Morgan fingerprint density at radius 3 is 1.39 bits per heavy atom. The molecule has 0 saturated heterocycles. The molecule has 0 spiro atoms. The smallest absolute Gasteiger partial charge is 0.0619 e. The van der Waals surface area contributed by atoms with Crippen molar-refractivity contribution < 1.29 is 0 Å². The van der Waals surface area contributed by atoms with Crippen LogP contribution in [-0.4, -0.2) is 0 Å². The molecule has 75 heavy (non-hydrogen) atoms. The molecule has 360 valence electrons. The van der Waals surface area contributed by atoms with E-state index in [9.17, 15) is 0 Å². The van der Waals surface area contributed by atoms with Crippen molar-refractivity contribution in [3.63, 3.8) is 0 Å². The van der Waals surface area contributed by atoms with Crippen molar-refractivity contribution in [3.05, 3.63) is 330 Å². The Balaban J connectivity index is 0.933. The first-order valence-electron chi connectivity index (χ1n) is 26.9. The summed E-state index contributed by atoms with van der Waals surface area (Å²) >= 11 is 0. The SMILES string of the molecule is Cc1ccc(C2(c3ccc(Cc4cc(C)c5c(c4)-c4ccccc4C5(c4ccc(C)cc4)c4ccc(C)cc4)cc3)c3ccccc3-c3c(C4(C)c5cc(C)ccc5-c5cc6ccccc6cc54)cc(C)cc32)cc1. The van der Waals surface area contributed by atoms with Gasteiger partial charge in [-0.1, -0.05) is 240 Å². The van der Waals surface area contributed by atoms with E-state index in [2.05, 4.69) is 273 Å². The minimum atomic E-state index is -0.557. The molecular formula is C75H60. The lowest BCUT2D eigenvalue weighted by Gasteiger charge is -2.36. The van der Waals surface area contributed by atoms with Crippen LogP contribution in [0.4, 0.5) is 0 Å². The normalized spacial score (nSPS) is 17.3. The Kier molecular flexibility index (Phi) is 10.0. The quantitative estimate of drug-likeness (QED) is 0.149. The Labute approximate surface area is 443 Å². The summed E-state index contributed by atoms with van der Waals surface area (Å²) in [6.45, 7) is 16.0. The van der Waals surface area contributed by atoms with Gasteiger partial charge in [-0.2, -0.15) is 0 Å². The summed E-state index contributed by atoms with van der Waals surface area (Å²) in [6, 6.07) is 87.1. The molecule has 3 aliphatic rings. The minimum absolute atomic E-state index is 0.411. The summed E-state index contributed by atoms with van der Waals surface area (Å²) in [4.78, 5) is 0. The van der Waals surface area contributed by atoms with Crippen molar-refractivity contribution in [2.45, 2.75) is 71.1 Å². The highest BCUT2D eigenvalue weighted by molar-refractivity contribution is 5.97. The Morgan fingerprint density at radius 2 is 0.760 bits per heavy atom. The second-order valence-electron chi connectivity index (χ2n) is 22.6. The molecule has 0 nitrogen and oxygen atoms in total. The molecule has 11 aromatic carbocycles. The van der Waals surface area contributed by atoms with E-state index in [-0.39, 0.29) is 0 Å². The zero-order valence-corrected chi connectivity index (χ0v) is 44.1. The number of aryl methyl sites for hydroxylation is 6. The van der Waals surface area contributed by atoms with Crippen LogP contribution in [0.5, 0.6) is 0 Å². The molecule has 0 amide bonds. The van der Waals surface area contributed by atoms with Gasteiger partial charge in [0.05, 0.1) is 10.8 Å². The van der Waals surface area contributed by atoms with Crippen LogP contribution in [0.3, 0.4) is 0 Å². The number of benzene rings is 11. The number of fused-ring (bicyclic) bond motifs is 10. The molecule has 0 aliphatic heterocycles. The van der Waals surface area contributed by atoms with Crippen molar-refractivity contribution in [3.8, 4) is 33.4 Å². The third kappa shape index (κ3) is 6.42. The molecule has 0 heteroatoms. The average molecular weight is 961 g/mol. The molecule has 3 aliphatic carbocycles. The number of rotatable bonds is 7. The molecular weight excluding hydrogens is 901 g/mol. The maximum absolute atomic E-state index is 2.52. The van der Waals surface area contributed by atoms with Crippen LogP contribution in [0.1, 0.15) is 113 Å². The van der Waals surface area contributed by atoms with Crippen LogP contribution in [0, 0.1) is 41.5 Å². The van der Waals surface area contributed by atoms with Crippen molar-refractivity contribution >= 4 is 10.8 Å². The highest BCUT2D eigenvalue weighted by Crippen LogP contribution is 2.63. The van der Waals surface area contributed by atoms with Gasteiger partial charge in [-0.15, -0.1) is 0 Å². The first-order chi connectivity index (χ1) is 36.5. The number of hydrogen-bond donors (Lipinski definition) is 0. The van der Waals surface area contributed by atoms with Crippen LogP contribution < -0.4 is 0 Å². The van der Waals surface area contributed by atoms with Gasteiger partial charge in [0.1, 0.15) is 0 Å². The molecule has 14 rings (SSSR count). The topological polar surface area (TPSA) is 0 Å². The maximum atomic E-state index is 2.52. The van der Waals surface area contributed by atoms with Gasteiger partial charge in [0.25, 0.3) is 0 Å². The van der Waals surface area contributed by atoms with Crippen molar-refractivity contribution in [2.75, 3.05) is 0 Å². The molecule has 0 fully saturated rings. The Morgan fingerprint density at radius 1 is 0.293 bits per heavy atom. The summed E-state index contributed by atoms with van der Waals surface area (Å²) < 4.78 is 0. The highest BCUT2D eigenvalue weighted by Gasteiger charge is 2.51. The number of hydrogen-bond acceptors (Lipinski definition) is 0. The van der Waals surface area contributed by atoms with E-state index in [1.54, 1.807) is 0 Å². The highest BCUT2D eigenvalue weighted by atomic mass is 14.5. The van der Waals surface area contributed by atoms with Crippen LogP contribution in [0.25, 0.3) is 44.2 Å². The summed E-state index contributed by atoms with van der Waals surface area (Å²) in [5.74, 6) is 0. The third-order valence-corrected chi connectivity index (χ3v) is 17.9. The lowest BCUT2D eigenvalue weighted by atomic mass is 9.66. The average Bonchev–Trinajstić information content (AvgIpc) is 4.01. The van der Waals surface area contributed by atoms with Crippen molar-refractivity contribution in [1.29, 1.82) is 0 Å². The molecule has 0 radical (unpaired) electrons. The molecule has 0 saturated carbocycles. The molecule has 11 aromatic rings. The summed E-state index contributed by atoms with van der Waals surface area (Å²) in [5.41, 5.74) is 31.7. The van der Waals surface area contributed by atoms with E-state index in [4.69, 9.17) is 0 Å². The Bertz CT molecular complexity index is 4080. The van der Waals surface area contributed by atoms with E-state index in [0.717, 1.165) is 6.42 Å². The van der Waals surface area contributed by atoms with E-state index in [0.29, 0.717) is 0 Å². The van der Waals surface area contributed by atoms with Gasteiger partial charge in [0.15, 0.2) is 0 Å². The van der Waals surface area contributed by atoms with Gasteiger partial charge in [-0.05, 0) is 189 Å². The maximum Gasteiger partial charge on any atom is 0.0716 e. The first-order valence-corrected chi connectivity index (χ1v) is 26.9. The van der Waals surface area contributed by atoms with Gasteiger partial charge in [-0.3, -0.25) is 0 Å². The first kappa shape index (κ1) is 45.3. The van der Waals surface area contributed by atoms with E-state index in [1.807, 2.05) is 0 Å². The molecule has 2 unspecified atom stereocenters. The van der Waals surface area contributed by atoms with Gasteiger partial charge < -0.3 is 0 Å². The molecule has 2 atom stereocenters. The summed E-state index contributed by atoms with van der Waals surface area (Å²) in [6.07, 6.45) is 0.831. The molecule has 0 aromatic heterocycles. The van der Waals surface area contributed by atoms with E-state index < -0.39 is 16.2 Å². The lowest BCUT2D eigenvalue weighted by molar-refractivity contribution is 0.710. The second kappa shape index (κ2) is 16.6. The monoisotopic (exact) mass is 960 g/mol. The summed E-state index contributed by atoms with van der Waals surface area (Å²) in [7, 11) is 0. The fourth-order valence-corrected chi connectivity index (χ4v) is 14.5.